The zero-order chi connectivity index (χ0) is 18.3. The van der Waals surface area contributed by atoms with Crippen LogP contribution in [0.3, 0.4) is 0 Å². The van der Waals surface area contributed by atoms with E-state index in [4.69, 9.17) is 0 Å². The van der Waals surface area contributed by atoms with Crippen LogP contribution in [0.2, 0.25) is 0 Å². The van der Waals surface area contributed by atoms with Crippen LogP contribution in [-0.2, 0) is 16.1 Å². The smallest absolute Gasteiger partial charge is 0.239 e. The number of carbonyl (C=O) groups is 2. The summed E-state index contributed by atoms with van der Waals surface area (Å²) in [6, 6.07) is 5.56. The molecule has 1 atom stereocenters. The molecule has 1 aromatic carbocycles. The van der Waals surface area contributed by atoms with E-state index in [1.165, 1.54) is 11.0 Å². The molecular weight excluding hydrogens is 358 g/mol. The van der Waals surface area contributed by atoms with Gasteiger partial charge in [-0.3, -0.25) is 9.59 Å². The van der Waals surface area contributed by atoms with Crippen LogP contribution in [0, 0.1) is 17.6 Å². The molecule has 2 aliphatic rings. The van der Waals surface area contributed by atoms with Gasteiger partial charge in [-0.1, -0.05) is 0 Å². The maximum atomic E-state index is 13.5. The molecule has 0 unspecified atom stereocenters. The maximum Gasteiger partial charge on any atom is 0.239 e. The monoisotopic (exact) mass is 376 g/mol. The standard InChI is InChI=1S/C19H18F2N2O2S/c20-16-4-3-14(9-17(16)21)22-7-5-15(18(22)24)19(25)23(13-1-2-13)10-12-6-8-26-11-12/h3-4,6,8-9,11,13,15H,1-2,5,7,10H2/t15-/m1/s1. The molecule has 1 saturated heterocycles. The molecule has 2 fully saturated rings. The van der Waals surface area contributed by atoms with Gasteiger partial charge >= 0.3 is 0 Å². The molecule has 7 heteroatoms. The summed E-state index contributed by atoms with van der Waals surface area (Å²) in [6.45, 7) is 0.846. The number of thiophene rings is 1. The summed E-state index contributed by atoms with van der Waals surface area (Å²) >= 11 is 1.58. The van der Waals surface area contributed by atoms with Crippen molar-refractivity contribution in [2.75, 3.05) is 11.4 Å². The van der Waals surface area contributed by atoms with Crippen molar-refractivity contribution in [1.29, 1.82) is 0 Å². The Balaban J connectivity index is 1.51. The first kappa shape index (κ1) is 17.1. The Labute approximate surface area is 154 Å². The third-order valence-corrected chi connectivity index (χ3v) is 5.65. The van der Waals surface area contributed by atoms with E-state index in [0.29, 0.717) is 25.2 Å². The molecular formula is C19H18F2N2O2S. The summed E-state index contributed by atoms with van der Waals surface area (Å²) in [5.74, 6) is -3.20. The highest BCUT2D eigenvalue weighted by molar-refractivity contribution is 7.07. The fraction of sp³-hybridized carbons (Fsp3) is 0.368. The van der Waals surface area contributed by atoms with E-state index in [0.717, 1.165) is 30.5 Å². The first-order valence-electron chi connectivity index (χ1n) is 8.62. The Morgan fingerprint density at radius 2 is 2.00 bits per heavy atom. The molecule has 1 saturated carbocycles. The number of anilines is 1. The molecule has 0 N–H and O–H groups in total. The lowest BCUT2D eigenvalue weighted by atomic mass is 10.1. The first-order chi connectivity index (χ1) is 12.5. The van der Waals surface area contributed by atoms with Gasteiger partial charge in [0.2, 0.25) is 11.8 Å². The highest BCUT2D eigenvalue weighted by Gasteiger charge is 2.43. The lowest BCUT2D eigenvalue weighted by Gasteiger charge is -2.25. The van der Waals surface area contributed by atoms with E-state index in [1.54, 1.807) is 16.2 Å². The van der Waals surface area contributed by atoms with Gasteiger partial charge < -0.3 is 9.80 Å². The maximum absolute atomic E-state index is 13.5. The molecule has 1 aliphatic carbocycles. The summed E-state index contributed by atoms with van der Waals surface area (Å²) in [7, 11) is 0. The predicted molar refractivity (Wildman–Crippen MR) is 94.7 cm³/mol. The van der Waals surface area contributed by atoms with E-state index < -0.39 is 17.6 Å². The Morgan fingerprint density at radius 3 is 2.65 bits per heavy atom. The minimum Gasteiger partial charge on any atom is -0.335 e. The number of rotatable bonds is 5. The highest BCUT2D eigenvalue weighted by Crippen LogP contribution is 2.33. The second kappa shape index (κ2) is 6.79. The average molecular weight is 376 g/mol. The number of hydrogen-bond donors (Lipinski definition) is 0. The highest BCUT2D eigenvalue weighted by atomic mass is 32.1. The molecule has 2 amide bonds. The first-order valence-corrected chi connectivity index (χ1v) is 9.57. The summed E-state index contributed by atoms with van der Waals surface area (Å²) in [6.07, 6.45) is 2.32. The second-order valence-electron chi connectivity index (χ2n) is 6.76. The van der Waals surface area contributed by atoms with Crippen LogP contribution in [0.5, 0.6) is 0 Å². The Morgan fingerprint density at radius 1 is 1.19 bits per heavy atom. The van der Waals surface area contributed by atoms with E-state index >= 15 is 0 Å². The number of nitrogens with zero attached hydrogens (tertiary/aromatic N) is 2. The van der Waals surface area contributed by atoms with Gasteiger partial charge in [0.15, 0.2) is 11.6 Å². The largest absolute Gasteiger partial charge is 0.335 e. The van der Waals surface area contributed by atoms with Crippen LogP contribution in [-0.4, -0.2) is 29.3 Å². The lowest BCUT2D eigenvalue weighted by Crippen LogP contribution is -2.41. The van der Waals surface area contributed by atoms with Crippen molar-refractivity contribution in [1.82, 2.24) is 4.90 Å². The quantitative estimate of drug-likeness (QED) is 0.749. The molecule has 0 bridgehead atoms. The minimum atomic E-state index is -0.998. The molecule has 0 radical (unpaired) electrons. The van der Waals surface area contributed by atoms with Gasteiger partial charge in [0.25, 0.3) is 0 Å². The van der Waals surface area contributed by atoms with E-state index in [9.17, 15) is 18.4 Å². The molecule has 0 spiro atoms. The zero-order valence-electron chi connectivity index (χ0n) is 14.0. The Bertz CT molecular complexity index is 836. The predicted octanol–water partition coefficient (Wildman–Crippen LogP) is 3.57. The fourth-order valence-electron chi connectivity index (χ4n) is 3.37. The second-order valence-corrected chi connectivity index (χ2v) is 7.54. The Hall–Kier alpha value is -2.28. The van der Waals surface area contributed by atoms with Crippen molar-refractivity contribution in [2.24, 2.45) is 5.92 Å². The molecule has 2 aromatic rings. The number of halogens is 2. The summed E-state index contributed by atoms with van der Waals surface area (Å²) < 4.78 is 26.6. The van der Waals surface area contributed by atoms with Crippen molar-refractivity contribution < 1.29 is 18.4 Å². The summed E-state index contributed by atoms with van der Waals surface area (Å²) in [5, 5.41) is 3.98. The third-order valence-electron chi connectivity index (χ3n) is 4.92. The van der Waals surface area contributed by atoms with Crippen LogP contribution in [0.15, 0.2) is 35.0 Å². The van der Waals surface area contributed by atoms with Crippen molar-refractivity contribution >= 4 is 28.8 Å². The van der Waals surface area contributed by atoms with Gasteiger partial charge in [-0.25, -0.2) is 8.78 Å². The molecule has 4 rings (SSSR count). The number of hydrogen-bond acceptors (Lipinski definition) is 3. The zero-order valence-corrected chi connectivity index (χ0v) is 14.8. The van der Waals surface area contributed by atoms with Crippen LogP contribution >= 0.6 is 11.3 Å². The van der Waals surface area contributed by atoms with Crippen molar-refractivity contribution in [3.8, 4) is 0 Å². The fourth-order valence-corrected chi connectivity index (χ4v) is 4.03. The normalized spacial score (nSPS) is 19.8. The molecule has 1 aromatic heterocycles. The topological polar surface area (TPSA) is 40.6 Å². The van der Waals surface area contributed by atoms with Gasteiger partial charge in [0.1, 0.15) is 5.92 Å². The van der Waals surface area contributed by atoms with Crippen molar-refractivity contribution in [2.45, 2.75) is 31.8 Å². The van der Waals surface area contributed by atoms with E-state index in [2.05, 4.69) is 0 Å². The summed E-state index contributed by atoms with van der Waals surface area (Å²) in [4.78, 5) is 28.9. The van der Waals surface area contributed by atoms with Gasteiger partial charge in [0.05, 0.1) is 0 Å². The van der Waals surface area contributed by atoms with Gasteiger partial charge in [0, 0.05) is 30.9 Å². The van der Waals surface area contributed by atoms with Crippen molar-refractivity contribution in [3.05, 3.63) is 52.2 Å². The molecule has 136 valence electrons. The number of carbonyl (C=O) groups excluding carboxylic acids is 2. The third kappa shape index (κ3) is 3.23. The molecule has 2 heterocycles. The van der Waals surface area contributed by atoms with Gasteiger partial charge in [-0.2, -0.15) is 11.3 Å². The average Bonchev–Trinajstić information content (AvgIpc) is 3.19. The van der Waals surface area contributed by atoms with Crippen LogP contribution in [0.4, 0.5) is 14.5 Å². The van der Waals surface area contributed by atoms with Crippen LogP contribution in [0.25, 0.3) is 0 Å². The van der Waals surface area contributed by atoms with Crippen molar-refractivity contribution in [3.63, 3.8) is 0 Å². The minimum absolute atomic E-state index is 0.159. The van der Waals surface area contributed by atoms with Crippen LogP contribution < -0.4 is 4.90 Å². The lowest BCUT2D eigenvalue weighted by molar-refractivity contribution is -0.140. The number of amides is 2. The van der Waals surface area contributed by atoms with Gasteiger partial charge in [-0.15, -0.1) is 0 Å². The summed E-state index contributed by atoms with van der Waals surface area (Å²) in [5.41, 5.74) is 1.36. The Kier molecular flexibility index (Phi) is 4.48. The van der Waals surface area contributed by atoms with E-state index in [-0.39, 0.29) is 17.9 Å². The van der Waals surface area contributed by atoms with Crippen LogP contribution in [0.1, 0.15) is 24.8 Å². The molecule has 1 aliphatic heterocycles. The molecule has 4 nitrogen and oxygen atoms in total. The van der Waals surface area contributed by atoms with Gasteiger partial charge in [-0.05, 0) is 53.8 Å². The molecule has 26 heavy (non-hydrogen) atoms. The number of benzene rings is 1. The SMILES string of the molecule is O=C1[C@H](C(=O)N(Cc2ccsc2)C2CC2)CCN1c1ccc(F)c(F)c1. The van der Waals surface area contributed by atoms with E-state index in [1.807, 2.05) is 16.8 Å².